The molecule has 0 aliphatic heterocycles. The van der Waals surface area contributed by atoms with E-state index in [1.165, 1.54) is 11.3 Å². The van der Waals surface area contributed by atoms with Gasteiger partial charge in [0.15, 0.2) is 0 Å². The highest BCUT2D eigenvalue weighted by atomic mass is 15.3. The molecule has 0 spiro atoms. The Morgan fingerprint density at radius 3 is 2.74 bits per heavy atom. The van der Waals surface area contributed by atoms with Crippen LogP contribution in [0.15, 0.2) is 0 Å². The van der Waals surface area contributed by atoms with Crippen LogP contribution < -0.4 is 5.32 Å². The number of hydrogen-bond acceptors (Lipinski definition) is 3. The topological polar surface area (TPSA) is 53.6 Å². The molecule has 1 aromatic rings. The Balaban J connectivity index is 2.24. The third-order valence-corrected chi connectivity index (χ3v) is 4.39. The molecule has 0 bridgehead atoms. The minimum atomic E-state index is -0.349. The van der Waals surface area contributed by atoms with Gasteiger partial charge in [0, 0.05) is 12.1 Å². The van der Waals surface area contributed by atoms with Crippen LogP contribution >= 0.6 is 0 Å². The lowest BCUT2D eigenvalue weighted by Crippen LogP contribution is -2.41. The van der Waals surface area contributed by atoms with Gasteiger partial charge in [-0.05, 0) is 45.2 Å². The fourth-order valence-corrected chi connectivity index (χ4v) is 3.43. The lowest BCUT2D eigenvalue weighted by Gasteiger charge is -2.22. The van der Waals surface area contributed by atoms with E-state index in [4.69, 9.17) is 5.10 Å². The van der Waals surface area contributed by atoms with E-state index in [0.29, 0.717) is 6.04 Å². The van der Waals surface area contributed by atoms with E-state index < -0.39 is 0 Å². The molecule has 0 aromatic carbocycles. The maximum Gasteiger partial charge on any atom is 0.108 e. The van der Waals surface area contributed by atoms with Gasteiger partial charge in [0.25, 0.3) is 0 Å². The first-order chi connectivity index (χ1) is 9.06. The van der Waals surface area contributed by atoms with Crippen molar-refractivity contribution in [2.24, 2.45) is 0 Å². The zero-order valence-corrected chi connectivity index (χ0v) is 12.5. The molecule has 2 rings (SSSR count). The van der Waals surface area contributed by atoms with Crippen LogP contribution in [0.4, 0.5) is 0 Å². The Labute approximate surface area is 115 Å². The second-order valence-corrected chi connectivity index (χ2v) is 5.57. The Bertz CT molecular complexity index is 497. The first kappa shape index (κ1) is 14.1. The van der Waals surface area contributed by atoms with Gasteiger partial charge < -0.3 is 0 Å². The molecule has 19 heavy (non-hydrogen) atoms. The molecule has 1 N–H and O–H groups in total. The summed E-state index contributed by atoms with van der Waals surface area (Å²) in [7, 11) is 0. The van der Waals surface area contributed by atoms with Crippen LogP contribution in [-0.2, 0) is 6.42 Å². The second kappa shape index (κ2) is 5.34. The smallest absolute Gasteiger partial charge is 0.108 e. The maximum absolute atomic E-state index is 9.45. The molecule has 2 unspecified atom stereocenters. The SMILES string of the molecule is CCNC1(C#N)CCC(n2nc(C)c(CC)c2C)C1. The van der Waals surface area contributed by atoms with Crippen molar-refractivity contribution in [3.63, 3.8) is 0 Å². The number of aromatic nitrogens is 2. The van der Waals surface area contributed by atoms with Crippen LogP contribution in [0.25, 0.3) is 0 Å². The molecule has 1 heterocycles. The number of rotatable bonds is 4. The van der Waals surface area contributed by atoms with E-state index in [1.807, 2.05) is 0 Å². The zero-order valence-electron chi connectivity index (χ0n) is 12.5. The van der Waals surface area contributed by atoms with Gasteiger partial charge in [-0.3, -0.25) is 10.00 Å². The molecule has 1 aliphatic rings. The Morgan fingerprint density at radius 1 is 1.47 bits per heavy atom. The highest BCUT2D eigenvalue weighted by Crippen LogP contribution is 2.38. The predicted octanol–water partition coefficient (Wildman–Crippen LogP) is 2.66. The van der Waals surface area contributed by atoms with Crippen LogP contribution in [0.3, 0.4) is 0 Å². The van der Waals surface area contributed by atoms with Crippen molar-refractivity contribution in [3.8, 4) is 6.07 Å². The van der Waals surface area contributed by atoms with Gasteiger partial charge >= 0.3 is 0 Å². The first-order valence-electron chi connectivity index (χ1n) is 7.27. The molecule has 0 amide bonds. The van der Waals surface area contributed by atoms with E-state index in [9.17, 15) is 5.26 Å². The van der Waals surface area contributed by atoms with Crippen molar-refractivity contribution in [1.82, 2.24) is 15.1 Å². The molecule has 104 valence electrons. The highest BCUT2D eigenvalue weighted by molar-refractivity contribution is 5.25. The van der Waals surface area contributed by atoms with Crippen LogP contribution in [-0.4, -0.2) is 21.9 Å². The summed E-state index contributed by atoms with van der Waals surface area (Å²) in [5, 5.41) is 17.5. The van der Waals surface area contributed by atoms with E-state index in [-0.39, 0.29) is 5.54 Å². The number of nitrogens with zero attached hydrogens (tertiary/aromatic N) is 3. The predicted molar refractivity (Wildman–Crippen MR) is 76.0 cm³/mol. The number of aryl methyl sites for hydroxylation is 1. The summed E-state index contributed by atoms with van der Waals surface area (Å²) in [4.78, 5) is 0. The lowest BCUT2D eigenvalue weighted by atomic mass is 9.99. The molecule has 1 aliphatic carbocycles. The number of nitriles is 1. The molecular weight excluding hydrogens is 236 g/mol. The van der Waals surface area contributed by atoms with E-state index in [1.54, 1.807) is 0 Å². The molecule has 0 saturated heterocycles. The van der Waals surface area contributed by atoms with Crippen molar-refractivity contribution in [2.45, 2.75) is 65.0 Å². The summed E-state index contributed by atoms with van der Waals surface area (Å²) >= 11 is 0. The quantitative estimate of drug-likeness (QED) is 0.905. The second-order valence-electron chi connectivity index (χ2n) is 5.57. The average molecular weight is 260 g/mol. The van der Waals surface area contributed by atoms with Crippen LogP contribution in [0.1, 0.15) is 56.1 Å². The first-order valence-corrected chi connectivity index (χ1v) is 7.27. The van der Waals surface area contributed by atoms with Crippen molar-refractivity contribution < 1.29 is 0 Å². The monoisotopic (exact) mass is 260 g/mol. The Hall–Kier alpha value is -1.34. The van der Waals surface area contributed by atoms with Gasteiger partial charge in [0.1, 0.15) is 5.54 Å². The molecule has 4 nitrogen and oxygen atoms in total. The molecule has 1 fully saturated rings. The summed E-state index contributed by atoms with van der Waals surface area (Å²) in [6, 6.07) is 2.84. The highest BCUT2D eigenvalue weighted by Gasteiger charge is 2.40. The normalized spacial score (nSPS) is 26.6. The molecular formula is C15H24N4. The maximum atomic E-state index is 9.45. The van der Waals surface area contributed by atoms with Gasteiger partial charge in [-0.25, -0.2) is 0 Å². The molecule has 4 heteroatoms. The van der Waals surface area contributed by atoms with Crippen LogP contribution in [0.5, 0.6) is 0 Å². The van der Waals surface area contributed by atoms with Gasteiger partial charge in [0.05, 0.1) is 17.8 Å². The lowest BCUT2D eigenvalue weighted by molar-refractivity contribution is 0.391. The van der Waals surface area contributed by atoms with Gasteiger partial charge in [-0.15, -0.1) is 0 Å². The molecule has 1 aromatic heterocycles. The van der Waals surface area contributed by atoms with E-state index >= 15 is 0 Å². The summed E-state index contributed by atoms with van der Waals surface area (Å²) < 4.78 is 2.16. The summed E-state index contributed by atoms with van der Waals surface area (Å²) in [5.74, 6) is 0. The van der Waals surface area contributed by atoms with Crippen molar-refractivity contribution in [2.75, 3.05) is 6.54 Å². The van der Waals surface area contributed by atoms with Crippen molar-refractivity contribution in [3.05, 3.63) is 17.0 Å². The number of hydrogen-bond donors (Lipinski definition) is 1. The third-order valence-electron chi connectivity index (χ3n) is 4.39. The van der Waals surface area contributed by atoms with Crippen LogP contribution in [0.2, 0.25) is 0 Å². The summed E-state index contributed by atoms with van der Waals surface area (Å²) in [5.41, 5.74) is 3.42. The Kier molecular flexibility index (Phi) is 3.96. The van der Waals surface area contributed by atoms with Crippen molar-refractivity contribution in [1.29, 1.82) is 5.26 Å². The van der Waals surface area contributed by atoms with Gasteiger partial charge in [-0.1, -0.05) is 13.8 Å². The van der Waals surface area contributed by atoms with Crippen molar-refractivity contribution >= 4 is 0 Å². The summed E-state index contributed by atoms with van der Waals surface area (Å²) in [6.07, 6.45) is 3.84. The minimum Gasteiger partial charge on any atom is -0.300 e. The standard InChI is InChI=1S/C15H24N4/c1-5-14-11(3)18-19(12(14)4)13-7-8-15(9-13,10-16)17-6-2/h13,17H,5-9H2,1-4H3. The minimum absolute atomic E-state index is 0.349. The molecule has 0 radical (unpaired) electrons. The fraction of sp³-hybridized carbons (Fsp3) is 0.733. The molecule has 1 saturated carbocycles. The Morgan fingerprint density at radius 2 is 2.21 bits per heavy atom. The number of nitrogens with one attached hydrogen (secondary N) is 1. The van der Waals surface area contributed by atoms with Gasteiger partial charge in [0.2, 0.25) is 0 Å². The molecule has 2 atom stereocenters. The van der Waals surface area contributed by atoms with E-state index in [2.05, 4.69) is 43.8 Å². The average Bonchev–Trinajstić information content (AvgIpc) is 2.93. The third kappa shape index (κ3) is 2.40. The largest absolute Gasteiger partial charge is 0.300 e. The fourth-order valence-electron chi connectivity index (χ4n) is 3.43. The zero-order chi connectivity index (χ0) is 14.0. The van der Waals surface area contributed by atoms with Gasteiger partial charge in [-0.2, -0.15) is 10.4 Å². The summed E-state index contributed by atoms with van der Waals surface area (Å²) in [6.45, 7) is 9.31. The van der Waals surface area contributed by atoms with Crippen LogP contribution in [0, 0.1) is 25.2 Å². The van der Waals surface area contributed by atoms with E-state index in [0.717, 1.165) is 37.9 Å².